The van der Waals surface area contributed by atoms with Crippen LogP contribution in [0.25, 0.3) is 27.7 Å². The summed E-state index contributed by atoms with van der Waals surface area (Å²) >= 11 is 0. The molecule has 0 fully saturated rings. The Labute approximate surface area is 184 Å². The highest BCUT2D eigenvalue weighted by Crippen LogP contribution is 2.38. The second-order valence-corrected chi connectivity index (χ2v) is 7.54. The van der Waals surface area contributed by atoms with Gasteiger partial charge in [0.25, 0.3) is 0 Å². The van der Waals surface area contributed by atoms with Gasteiger partial charge in [0.15, 0.2) is 5.65 Å². The number of hydrogen-bond acceptors (Lipinski definition) is 5. The molecule has 0 aliphatic carbocycles. The second-order valence-electron chi connectivity index (χ2n) is 7.54. The lowest BCUT2D eigenvalue weighted by atomic mass is 9.95. The van der Waals surface area contributed by atoms with Crippen molar-refractivity contribution in [2.75, 3.05) is 13.7 Å². The molecule has 7 nitrogen and oxygen atoms in total. The summed E-state index contributed by atoms with van der Waals surface area (Å²) in [7, 11) is 1.68. The van der Waals surface area contributed by atoms with Crippen molar-refractivity contribution in [3.63, 3.8) is 0 Å². The van der Waals surface area contributed by atoms with Crippen molar-refractivity contribution < 1.29 is 4.74 Å². The molecule has 3 heterocycles. The minimum atomic E-state index is -0.251. The van der Waals surface area contributed by atoms with E-state index >= 15 is 0 Å². The van der Waals surface area contributed by atoms with Gasteiger partial charge in [-0.2, -0.15) is 5.10 Å². The molecular formula is C25H23N5O2. The number of ether oxygens (including phenoxy) is 1. The van der Waals surface area contributed by atoms with Crippen LogP contribution in [-0.2, 0) is 13.0 Å². The maximum absolute atomic E-state index is 12.3. The molecule has 160 valence electrons. The molecule has 0 aliphatic rings. The van der Waals surface area contributed by atoms with Crippen molar-refractivity contribution >= 4 is 16.6 Å². The average molecular weight is 425 g/mol. The van der Waals surface area contributed by atoms with E-state index in [9.17, 15) is 4.79 Å². The van der Waals surface area contributed by atoms with Crippen molar-refractivity contribution in [3.8, 4) is 16.9 Å². The molecule has 0 unspecified atom stereocenters. The lowest BCUT2D eigenvalue weighted by Gasteiger charge is -2.17. The molecule has 0 atom stereocenters. The number of aromatic amines is 1. The summed E-state index contributed by atoms with van der Waals surface area (Å²) in [5, 5.41) is 11.3. The molecule has 3 aromatic heterocycles. The fourth-order valence-corrected chi connectivity index (χ4v) is 4.13. The molecule has 0 amide bonds. The molecule has 5 aromatic rings. The quantitative estimate of drug-likeness (QED) is 0.390. The third-order valence-electron chi connectivity index (χ3n) is 5.61. The fraction of sp³-hybridized carbons (Fsp3) is 0.160. The van der Waals surface area contributed by atoms with E-state index in [2.05, 4.69) is 26.6 Å². The Balaban J connectivity index is 1.56. The van der Waals surface area contributed by atoms with Crippen LogP contribution in [0.2, 0.25) is 0 Å². The van der Waals surface area contributed by atoms with Crippen LogP contribution in [0.1, 0.15) is 11.3 Å². The highest BCUT2D eigenvalue weighted by atomic mass is 16.5. The summed E-state index contributed by atoms with van der Waals surface area (Å²) in [5.41, 5.74) is 5.27. The van der Waals surface area contributed by atoms with Gasteiger partial charge in [-0.05, 0) is 41.5 Å². The van der Waals surface area contributed by atoms with Crippen LogP contribution in [0.4, 0.5) is 0 Å². The Morgan fingerprint density at radius 3 is 2.78 bits per heavy atom. The normalized spacial score (nSPS) is 11.3. The van der Waals surface area contributed by atoms with Gasteiger partial charge in [-0.1, -0.05) is 36.4 Å². The predicted molar refractivity (Wildman–Crippen MR) is 125 cm³/mol. The number of nitrogens with one attached hydrogen (secondary N) is 2. The Kier molecular flexibility index (Phi) is 5.39. The van der Waals surface area contributed by atoms with Gasteiger partial charge in [-0.3, -0.25) is 4.98 Å². The average Bonchev–Trinajstić information content (AvgIpc) is 3.22. The van der Waals surface area contributed by atoms with Gasteiger partial charge in [0, 0.05) is 42.4 Å². The number of methoxy groups -OCH3 is 1. The van der Waals surface area contributed by atoms with E-state index < -0.39 is 0 Å². The van der Waals surface area contributed by atoms with Gasteiger partial charge in [-0.25, -0.2) is 14.3 Å². The molecule has 5 rings (SSSR count). The molecule has 0 saturated heterocycles. The Hall–Kier alpha value is -3.97. The monoisotopic (exact) mass is 425 g/mol. The Morgan fingerprint density at radius 1 is 1.06 bits per heavy atom. The SMILES string of the molecule is COc1cccc(CNCCc2ccccn2)c1-c1cc2n[nH]c(=O)n2c2ccccc12. The third-order valence-corrected chi connectivity index (χ3v) is 5.61. The van der Waals surface area contributed by atoms with Gasteiger partial charge in [0.05, 0.1) is 12.6 Å². The summed E-state index contributed by atoms with van der Waals surface area (Å²) in [6, 6.07) is 21.8. The fourth-order valence-electron chi connectivity index (χ4n) is 4.13. The zero-order chi connectivity index (χ0) is 21.9. The van der Waals surface area contributed by atoms with Crippen LogP contribution in [0.3, 0.4) is 0 Å². The van der Waals surface area contributed by atoms with E-state index in [1.54, 1.807) is 11.5 Å². The number of hydrogen-bond donors (Lipinski definition) is 2. The minimum absolute atomic E-state index is 0.251. The zero-order valence-electron chi connectivity index (χ0n) is 17.7. The molecule has 0 bridgehead atoms. The molecule has 0 saturated carbocycles. The zero-order valence-corrected chi connectivity index (χ0v) is 17.7. The molecule has 2 aromatic carbocycles. The number of pyridine rings is 2. The number of aromatic nitrogens is 4. The molecule has 0 aliphatic heterocycles. The highest BCUT2D eigenvalue weighted by molar-refractivity contribution is 5.99. The van der Waals surface area contributed by atoms with E-state index in [1.807, 2.05) is 66.9 Å². The van der Waals surface area contributed by atoms with Crippen molar-refractivity contribution in [3.05, 3.63) is 94.7 Å². The number of rotatable bonds is 7. The number of fused-ring (bicyclic) bond motifs is 3. The summed E-state index contributed by atoms with van der Waals surface area (Å²) < 4.78 is 7.34. The van der Waals surface area contributed by atoms with Crippen LogP contribution in [-0.4, -0.2) is 33.2 Å². The van der Waals surface area contributed by atoms with E-state index in [0.29, 0.717) is 12.2 Å². The summed E-state index contributed by atoms with van der Waals surface area (Å²) in [4.78, 5) is 16.7. The van der Waals surface area contributed by atoms with Gasteiger partial charge in [-0.15, -0.1) is 0 Å². The van der Waals surface area contributed by atoms with Crippen molar-refractivity contribution in [1.29, 1.82) is 0 Å². The highest BCUT2D eigenvalue weighted by Gasteiger charge is 2.17. The summed E-state index contributed by atoms with van der Waals surface area (Å²) in [5.74, 6) is 0.779. The standard InChI is InChI=1S/C25H23N5O2/c1-32-22-11-6-7-17(16-26-14-12-18-8-4-5-13-27-18)24(22)20-15-23-28-29-25(31)30(23)21-10-3-2-9-19(20)21/h2-11,13,15,26H,12,14,16H2,1H3,(H,29,31). The van der Waals surface area contributed by atoms with Crippen molar-refractivity contribution in [1.82, 2.24) is 24.9 Å². The number of benzene rings is 2. The van der Waals surface area contributed by atoms with Gasteiger partial charge < -0.3 is 10.1 Å². The van der Waals surface area contributed by atoms with Gasteiger partial charge >= 0.3 is 5.69 Å². The van der Waals surface area contributed by atoms with Gasteiger partial charge in [0.2, 0.25) is 0 Å². The maximum Gasteiger partial charge on any atom is 0.348 e. The molecule has 0 radical (unpaired) electrons. The lowest BCUT2D eigenvalue weighted by Crippen LogP contribution is -2.18. The number of H-pyrrole nitrogens is 1. The van der Waals surface area contributed by atoms with E-state index in [0.717, 1.165) is 52.0 Å². The molecule has 2 N–H and O–H groups in total. The van der Waals surface area contributed by atoms with Crippen molar-refractivity contribution in [2.45, 2.75) is 13.0 Å². The van der Waals surface area contributed by atoms with E-state index in [1.165, 1.54) is 0 Å². The van der Waals surface area contributed by atoms with Crippen LogP contribution in [0.5, 0.6) is 5.75 Å². The lowest BCUT2D eigenvalue weighted by molar-refractivity contribution is 0.416. The largest absolute Gasteiger partial charge is 0.496 e. The first kappa shape index (κ1) is 20.0. The predicted octanol–water partition coefficient (Wildman–Crippen LogP) is 3.58. The maximum atomic E-state index is 12.3. The molecular weight excluding hydrogens is 402 g/mol. The summed E-state index contributed by atoms with van der Waals surface area (Å²) in [6.07, 6.45) is 2.67. The van der Waals surface area contributed by atoms with Crippen LogP contribution >= 0.6 is 0 Å². The van der Waals surface area contributed by atoms with Crippen LogP contribution < -0.4 is 15.7 Å². The first-order valence-electron chi connectivity index (χ1n) is 10.5. The minimum Gasteiger partial charge on any atom is -0.496 e. The molecule has 0 spiro atoms. The topological polar surface area (TPSA) is 84.3 Å². The Morgan fingerprint density at radius 2 is 1.94 bits per heavy atom. The molecule has 32 heavy (non-hydrogen) atoms. The number of para-hydroxylation sites is 1. The number of nitrogens with zero attached hydrogens (tertiary/aromatic N) is 3. The van der Waals surface area contributed by atoms with Crippen LogP contribution in [0, 0.1) is 0 Å². The summed E-state index contributed by atoms with van der Waals surface area (Å²) in [6.45, 7) is 1.48. The first-order chi connectivity index (χ1) is 15.8. The third kappa shape index (κ3) is 3.63. The van der Waals surface area contributed by atoms with Gasteiger partial charge in [0.1, 0.15) is 5.75 Å². The molecule has 7 heteroatoms. The second kappa shape index (κ2) is 8.64. The van der Waals surface area contributed by atoms with Crippen LogP contribution in [0.15, 0.2) is 77.7 Å². The van der Waals surface area contributed by atoms with E-state index in [4.69, 9.17) is 4.74 Å². The smallest absolute Gasteiger partial charge is 0.348 e. The first-order valence-corrected chi connectivity index (χ1v) is 10.5. The van der Waals surface area contributed by atoms with E-state index in [-0.39, 0.29) is 5.69 Å². The Bertz CT molecular complexity index is 1440. The van der Waals surface area contributed by atoms with Crippen molar-refractivity contribution in [2.24, 2.45) is 0 Å².